The number of carbonyl (C=O) groups is 2. The lowest BCUT2D eigenvalue weighted by Gasteiger charge is -2.34. The number of ether oxygens (including phenoxy) is 1. The quantitative estimate of drug-likeness (QED) is 0.569. The highest BCUT2D eigenvalue weighted by Crippen LogP contribution is 2.59. The van der Waals surface area contributed by atoms with E-state index in [2.05, 4.69) is 24.1 Å². The van der Waals surface area contributed by atoms with Gasteiger partial charge in [0.2, 0.25) is 5.54 Å². The summed E-state index contributed by atoms with van der Waals surface area (Å²) in [5.74, 6) is -2.15. The number of aliphatic hydroxyl groups is 1. The predicted octanol–water partition coefficient (Wildman–Crippen LogP) is 4.23. The topological polar surface area (TPSA) is 91.4 Å². The molecule has 3 N–H and O–H groups in total. The van der Waals surface area contributed by atoms with Gasteiger partial charge in [0.25, 0.3) is 11.7 Å². The van der Waals surface area contributed by atoms with Crippen LogP contribution in [0.3, 0.4) is 0 Å². The Morgan fingerprint density at radius 2 is 1.94 bits per heavy atom. The number of H-pyrrole nitrogens is 1. The Morgan fingerprint density at radius 1 is 1.15 bits per heavy atom. The number of allylic oxidation sites excluding steroid dienone is 2. The van der Waals surface area contributed by atoms with Crippen molar-refractivity contribution in [3.8, 4) is 5.75 Å². The average Bonchev–Trinajstić information content (AvgIpc) is 3.41. The molecule has 2 heterocycles. The van der Waals surface area contributed by atoms with Crippen molar-refractivity contribution in [2.45, 2.75) is 43.9 Å². The van der Waals surface area contributed by atoms with Gasteiger partial charge in [-0.25, -0.2) is 0 Å². The second kappa shape index (κ2) is 6.68. The van der Waals surface area contributed by atoms with Crippen molar-refractivity contribution in [2.75, 3.05) is 0 Å². The average molecular weight is 440 g/mol. The van der Waals surface area contributed by atoms with Crippen LogP contribution in [-0.4, -0.2) is 27.6 Å². The number of hydrogen-bond acceptors (Lipinski definition) is 4. The summed E-state index contributed by atoms with van der Waals surface area (Å²) in [6.45, 7) is 4.13. The van der Waals surface area contributed by atoms with Crippen molar-refractivity contribution in [1.29, 1.82) is 0 Å². The zero-order valence-electron chi connectivity index (χ0n) is 18.4. The van der Waals surface area contributed by atoms with Gasteiger partial charge in [-0.05, 0) is 36.5 Å². The van der Waals surface area contributed by atoms with Gasteiger partial charge in [-0.3, -0.25) is 9.59 Å². The summed E-state index contributed by atoms with van der Waals surface area (Å²) in [7, 11) is 0. The Labute approximate surface area is 191 Å². The number of para-hydroxylation sites is 1. The molecule has 2 atom stereocenters. The van der Waals surface area contributed by atoms with E-state index in [1.807, 2.05) is 48.6 Å². The van der Waals surface area contributed by atoms with Gasteiger partial charge < -0.3 is 20.1 Å². The molecule has 6 rings (SSSR count). The Kier molecular flexibility index (Phi) is 4.05. The van der Waals surface area contributed by atoms with Crippen molar-refractivity contribution >= 4 is 22.6 Å². The zero-order chi connectivity index (χ0) is 23.0. The van der Waals surface area contributed by atoms with Gasteiger partial charge in [0.1, 0.15) is 5.75 Å². The van der Waals surface area contributed by atoms with Crippen LogP contribution in [0.1, 0.15) is 54.1 Å². The van der Waals surface area contributed by atoms with Gasteiger partial charge >= 0.3 is 0 Å². The van der Waals surface area contributed by atoms with Gasteiger partial charge in [0.05, 0.1) is 5.56 Å². The van der Waals surface area contributed by atoms with Crippen LogP contribution in [0.4, 0.5) is 0 Å². The minimum atomic E-state index is -2.00. The lowest BCUT2D eigenvalue weighted by molar-refractivity contribution is -0.152. The fraction of sp³-hybridized carbons (Fsp3) is 0.259. The number of rotatable bonds is 3. The number of carbonyl (C=O) groups excluding carboxylic acids is 2. The molecule has 2 aromatic carbocycles. The van der Waals surface area contributed by atoms with Crippen molar-refractivity contribution in [2.24, 2.45) is 0 Å². The molecule has 2 aliphatic carbocycles. The number of Topliss-reactive ketones (excluding diaryl/α,β-unsaturated/α-hetero) is 1. The highest BCUT2D eigenvalue weighted by atomic mass is 16.6. The molecule has 0 saturated heterocycles. The number of fused-ring (bicyclic) bond motifs is 6. The number of hydrogen-bond donors (Lipinski definition) is 3. The standard InChI is InChI=1S/C27H24N2O4/c1-15(2)16-11-12-21-23(13-16)33-27(32)20-9-5-3-8-18(20)24(30)26(21,27)29-25(31)19-14-28-22-10-6-4-7-17(19)22/h4,6-15,28,32H,3,5H2,1-2H3,(H,29,31). The highest BCUT2D eigenvalue weighted by Gasteiger charge is 2.73. The van der Waals surface area contributed by atoms with E-state index >= 15 is 0 Å². The molecule has 1 amide bonds. The fourth-order valence-corrected chi connectivity index (χ4v) is 5.36. The second-order valence-corrected chi connectivity index (χ2v) is 9.25. The molecule has 1 fully saturated rings. The van der Waals surface area contributed by atoms with E-state index in [9.17, 15) is 14.7 Å². The molecular weight excluding hydrogens is 416 g/mol. The first-order valence-electron chi connectivity index (χ1n) is 11.3. The minimum Gasteiger partial charge on any atom is -0.454 e. The zero-order valence-corrected chi connectivity index (χ0v) is 18.4. The van der Waals surface area contributed by atoms with E-state index < -0.39 is 17.2 Å². The Balaban J connectivity index is 1.55. The third-order valence-corrected chi connectivity index (χ3v) is 7.08. The van der Waals surface area contributed by atoms with Crippen LogP contribution in [0, 0.1) is 0 Å². The second-order valence-electron chi connectivity index (χ2n) is 9.25. The molecule has 0 spiro atoms. The molecule has 33 heavy (non-hydrogen) atoms. The summed E-state index contributed by atoms with van der Waals surface area (Å²) >= 11 is 0. The number of benzene rings is 2. The molecule has 1 saturated carbocycles. The summed E-state index contributed by atoms with van der Waals surface area (Å²) in [4.78, 5) is 30.6. The molecule has 1 aliphatic heterocycles. The monoisotopic (exact) mass is 440 g/mol. The molecule has 166 valence electrons. The van der Waals surface area contributed by atoms with Crippen LogP contribution < -0.4 is 10.1 Å². The molecule has 6 nitrogen and oxygen atoms in total. The van der Waals surface area contributed by atoms with Gasteiger partial charge in [0, 0.05) is 33.8 Å². The summed E-state index contributed by atoms with van der Waals surface area (Å²) in [5, 5.41) is 15.7. The Bertz CT molecular complexity index is 1410. The van der Waals surface area contributed by atoms with E-state index in [0.29, 0.717) is 40.9 Å². The third kappa shape index (κ3) is 2.47. The van der Waals surface area contributed by atoms with Crippen LogP contribution in [0.25, 0.3) is 10.9 Å². The first kappa shape index (κ1) is 20.0. The smallest absolute Gasteiger partial charge is 0.270 e. The molecule has 3 aromatic rings. The number of amides is 1. The number of aromatic amines is 1. The lowest BCUT2D eigenvalue weighted by Crippen LogP contribution is -2.61. The summed E-state index contributed by atoms with van der Waals surface area (Å²) < 4.78 is 6.16. The molecule has 6 heteroatoms. The Hall–Kier alpha value is -3.64. The van der Waals surface area contributed by atoms with Crippen LogP contribution in [0.15, 0.2) is 72.0 Å². The largest absolute Gasteiger partial charge is 0.454 e. The lowest BCUT2D eigenvalue weighted by atomic mass is 9.82. The maximum Gasteiger partial charge on any atom is 0.270 e. The van der Waals surface area contributed by atoms with Crippen LogP contribution in [-0.2, 0) is 10.3 Å². The van der Waals surface area contributed by atoms with Crippen molar-refractivity contribution in [1.82, 2.24) is 10.3 Å². The predicted molar refractivity (Wildman–Crippen MR) is 124 cm³/mol. The summed E-state index contributed by atoms with van der Waals surface area (Å²) in [6.07, 6.45) is 6.70. The molecule has 2 unspecified atom stereocenters. The summed E-state index contributed by atoms with van der Waals surface area (Å²) in [6, 6.07) is 13.1. The van der Waals surface area contributed by atoms with E-state index in [-0.39, 0.29) is 11.7 Å². The van der Waals surface area contributed by atoms with Crippen molar-refractivity contribution < 1.29 is 19.4 Å². The summed E-state index contributed by atoms with van der Waals surface area (Å²) in [5.41, 5.74) is 1.81. The van der Waals surface area contributed by atoms with Gasteiger partial charge in [0.15, 0.2) is 5.78 Å². The van der Waals surface area contributed by atoms with E-state index in [1.165, 1.54) is 0 Å². The van der Waals surface area contributed by atoms with E-state index in [4.69, 9.17) is 4.74 Å². The van der Waals surface area contributed by atoms with Crippen molar-refractivity contribution in [3.63, 3.8) is 0 Å². The number of aromatic nitrogens is 1. The SMILES string of the molecule is CC(C)c1ccc2c(c1)OC1(O)C3=CCCC=C3C(=O)C21NC(=O)c1c[nH]c2ccccc12. The molecule has 0 bridgehead atoms. The Morgan fingerprint density at radius 3 is 2.76 bits per heavy atom. The normalized spacial score (nSPS) is 25.3. The number of ketones is 1. The molecule has 0 radical (unpaired) electrons. The van der Waals surface area contributed by atoms with Gasteiger partial charge in [-0.15, -0.1) is 0 Å². The third-order valence-electron chi connectivity index (χ3n) is 7.08. The fourth-order valence-electron chi connectivity index (χ4n) is 5.36. The van der Waals surface area contributed by atoms with E-state index in [1.54, 1.807) is 12.3 Å². The first-order valence-corrected chi connectivity index (χ1v) is 11.3. The molecule has 1 aromatic heterocycles. The van der Waals surface area contributed by atoms with Crippen LogP contribution >= 0.6 is 0 Å². The van der Waals surface area contributed by atoms with Crippen molar-refractivity contribution in [3.05, 3.63) is 88.7 Å². The number of nitrogens with one attached hydrogen (secondary N) is 2. The maximum absolute atomic E-state index is 13.9. The van der Waals surface area contributed by atoms with Gasteiger partial charge in [-0.1, -0.05) is 56.3 Å². The minimum absolute atomic E-state index is 0.241. The van der Waals surface area contributed by atoms with Crippen LogP contribution in [0.2, 0.25) is 0 Å². The molecule has 3 aliphatic rings. The molecular formula is C27H24N2O4. The highest BCUT2D eigenvalue weighted by molar-refractivity contribution is 6.17. The van der Waals surface area contributed by atoms with Gasteiger partial charge in [-0.2, -0.15) is 0 Å². The van der Waals surface area contributed by atoms with Crippen LogP contribution in [0.5, 0.6) is 5.75 Å². The maximum atomic E-state index is 13.9. The van der Waals surface area contributed by atoms with E-state index in [0.717, 1.165) is 16.5 Å². The first-order chi connectivity index (χ1) is 15.9.